The van der Waals surface area contributed by atoms with E-state index in [0.29, 0.717) is 5.56 Å². The van der Waals surface area contributed by atoms with Crippen molar-refractivity contribution in [3.63, 3.8) is 0 Å². The van der Waals surface area contributed by atoms with Crippen LogP contribution in [0.15, 0.2) is 83.9 Å². The molecule has 0 fully saturated rings. The average molecular weight is 473 g/mol. The number of nitrogens with zero attached hydrogens (tertiary/aromatic N) is 2. The molecule has 0 bridgehead atoms. The van der Waals surface area contributed by atoms with Gasteiger partial charge in [-0.3, -0.25) is 0 Å². The standard InChI is InChI=1S/C32H28N2S/c1-23-7-11-26(12-8-23)15-17-29-20-30(18-16-27-13-9-24(2)10-14-27)34-32(31(29)21-33)35-22-28-6-4-5-25(3)19-28/h4-20H,22H2,1-3H3. The highest BCUT2D eigenvalue weighted by Crippen LogP contribution is 2.29. The van der Waals surface area contributed by atoms with Crippen LogP contribution in [0.4, 0.5) is 0 Å². The molecule has 0 amide bonds. The number of aryl methyl sites for hydroxylation is 3. The molecule has 0 saturated heterocycles. The molecule has 0 N–H and O–H groups in total. The number of rotatable bonds is 7. The Morgan fingerprint density at radius 1 is 0.743 bits per heavy atom. The fraction of sp³-hybridized carbons (Fsp3) is 0.125. The summed E-state index contributed by atoms with van der Waals surface area (Å²) in [4.78, 5) is 4.86. The maximum atomic E-state index is 10.0. The zero-order valence-corrected chi connectivity index (χ0v) is 21.1. The lowest BCUT2D eigenvalue weighted by molar-refractivity contribution is 1.09. The van der Waals surface area contributed by atoms with Gasteiger partial charge in [0.1, 0.15) is 11.1 Å². The van der Waals surface area contributed by atoms with Crippen molar-refractivity contribution in [2.75, 3.05) is 0 Å². The van der Waals surface area contributed by atoms with Crippen molar-refractivity contribution in [2.24, 2.45) is 0 Å². The molecular formula is C32H28N2S. The number of hydrogen-bond acceptors (Lipinski definition) is 3. The Balaban J connectivity index is 1.69. The summed E-state index contributed by atoms with van der Waals surface area (Å²) >= 11 is 1.61. The van der Waals surface area contributed by atoms with Gasteiger partial charge in [-0.1, -0.05) is 108 Å². The molecule has 4 aromatic rings. The van der Waals surface area contributed by atoms with E-state index in [2.05, 4.69) is 112 Å². The van der Waals surface area contributed by atoms with Gasteiger partial charge in [-0.05, 0) is 55.2 Å². The SMILES string of the molecule is Cc1ccc(C=Cc2cc(C=Cc3ccc(C)cc3)c(C#N)c(SCc3cccc(C)c3)n2)cc1. The molecule has 0 spiro atoms. The molecule has 0 saturated carbocycles. The zero-order valence-electron chi connectivity index (χ0n) is 20.3. The van der Waals surface area contributed by atoms with Crippen LogP contribution in [0, 0.1) is 32.1 Å². The van der Waals surface area contributed by atoms with E-state index in [0.717, 1.165) is 33.2 Å². The monoisotopic (exact) mass is 472 g/mol. The van der Waals surface area contributed by atoms with Crippen LogP contribution in [0.2, 0.25) is 0 Å². The van der Waals surface area contributed by atoms with Crippen molar-refractivity contribution in [2.45, 2.75) is 31.6 Å². The van der Waals surface area contributed by atoms with Gasteiger partial charge in [0.15, 0.2) is 0 Å². The first-order valence-electron chi connectivity index (χ1n) is 11.6. The van der Waals surface area contributed by atoms with Gasteiger partial charge in [0.25, 0.3) is 0 Å². The van der Waals surface area contributed by atoms with Gasteiger partial charge in [0, 0.05) is 5.75 Å². The van der Waals surface area contributed by atoms with Gasteiger partial charge >= 0.3 is 0 Å². The predicted molar refractivity (Wildman–Crippen MR) is 150 cm³/mol. The van der Waals surface area contributed by atoms with Crippen LogP contribution in [0.25, 0.3) is 24.3 Å². The Morgan fingerprint density at radius 3 is 1.97 bits per heavy atom. The topological polar surface area (TPSA) is 36.7 Å². The Morgan fingerprint density at radius 2 is 1.37 bits per heavy atom. The lowest BCUT2D eigenvalue weighted by Gasteiger charge is -2.09. The van der Waals surface area contributed by atoms with Gasteiger partial charge in [0.2, 0.25) is 0 Å². The Labute approximate surface area is 212 Å². The van der Waals surface area contributed by atoms with E-state index in [4.69, 9.17) is 4.98 Å². The summed E-state index contributed by atoms with van der Waals surface area (Å²) < 4.78 is 0. The van der Waals surface area contributed by atoms with Gasteiger partial charge < -0.3 is 0 Å². The van der Waals surface area contributed by atoms with E-state index in [-0.39, 0.29) is 0 Å². The van der Waals surface area contributed by atoms with Crippen molar-refractivity contribution < 1.29 is 0 Å². The number of pyridine rings is 1. The van der Waals surface area contributed by atoms with E-state index >= 15 is 0 Å². The molecule has 0 aliphatic rings. The molecule has 35 heavy (non-hydrogen) atoms. The molecule has 4 rings (SSSR count). The molecule has 0 aliphatic heterocycles. The minimum atomic E-state index is 0.610. The van der Waals surface area contributed by atoms with Crippen LogP contribution in [0.3, 0.4) is 0 Å². The predicted octanol–water partition coefficient (Wildman–Crippen LogP) is 8.51. The highest BCUT2D eigenvalue weighted by atomic mass is 32.2. The molecule has 2 nitrogen and oxygen atoms in total. The molecule has 0 aliphatic carbocycles. The fourth-order valence-corrected chi connectivity index (χ4v) is 4.63. The van der Waals surface area contributed by atoms with Crippen molar-refractivity contribution >= 4 is 36.1 Å². The first-order valence-corrected chi connectivity index (χ1v) is 12.6. The second-order valence-electron chi connectivity index (χ2n) is 8.69. The van der Waals surface area contributed by atoms with E-state index in [1.165, 1.54) is 22.3 Å². The second kappa shape index (κ2) is 11.5. The van der Waals surface area contributed by atoms with Crippen molar-refractivity contribution in [3.05, 3.63) is 129 Å². The van der Waals surface area contributed by atoms with E-state index in [1.807, 2.05) is 18.2 Å². The van der Waals surface area contributed by atoms with Gasteiger partial charge in [-0.25, -0.2) is 4.98 Å². The summed E-state index contributed by atoms with van der Waals surface area (Å²) in [7, 11) is 0. The smallest absolute Gasteiger partial charge is 0.115 e. The van der Waals surface area contributed by atoms with Gasteiger partial charge in [-0.2, -0.15) is 5.26 Å². The largest absolute Gasteiger partial charge is 0.241 e. The van der Waals surface area contributed by atoms with Crippen LogP contribution < -0.4 is 0 Å². The van der Waals surface area contributed by atoms with Crippen LogP contribution in [-0.2, 0) is 5.75 Å². The molecule has 0 atom stereocenters. The second-order valence-corrected chi connectivity index (χ2v) is 9.66. The fourth-order valence-electron chi connectivity index (χ4n) is 3.67. The first kappa shape index (κ1) is 24.3. The molecule has 3 aromatic carbocycles. The molecule has 172 valence electrons. The molecule has 1 heterocycles. The molecular weight excluding hydrogens is 444 g/mol. The Bertz CT molecular complexity index is 1410. The first-order chi connectivity index (χ1) is 17.0. The normalized spacial score (nSPS) is 11.3. The van der Waals surface area contributed by atoms with Crippen molar-refractivity contribution in [3.8, 4) is 6.07 Å². The summed E-state index contributed by atoms with van der Waals surface area (Å²) in [5, 5.41) is 10.8. The maximum absolute atomic E-state index is 10.0. The lowest BCUT2D eigenvalue weighted by Crippen LogP contribution is -1.95. The highest BCUT2D eigenvalue weighted by molar-refractivity contribution is 7.98. The van der Waals surface area contributed by atoms with Crippen molar-refractivity contribution in [1.82, 2.24) is 4.98 Å². The van der Waals surface area contributed by atoms with E-state index in [9.17, 15) is 5.26 Å². The Kier molecular flexibility index (Phi) is 7.98. The summed E-state index contributed by atoms with van der Waals surface area (Å²) in [5.74, 6) is 0.760. The minimum absolute atomic E-state index is 0.610. The third kappa shape index (κ3) is 6.82. The number of nitriles is 1. The maximum Gasteiger partial charge on any atom is 0.115 e. The van der Waals surface area contributed by atoms with Crippen LogP contribution >= 0.6 is 11.8 Å². The minimum Gasteiger partial charge on any atom is -0.241 e. The average Bonchev–Trinajstić information content (AvgIpc) is 2.86. The number of hydrogen-bond donors (Lipinski definition) is 0. The molecule has 0 unspecified atom stereocenters. The van der Waals surface area contributed by atoms with Crippen LogP contribution in [-0.4, -0.2) is 4.98 Å². The Hall–Kier alpha value is -3.87. The number of thioether (sulfide) groups is 1. The number of benzene rings is 3. The summed E-state index contributed by atoms with van der Waals surface area (Å²) in [6.07, 6.45) is 8.16. The van der Waals surface area contributed by atoms with Crippen LogP contribution in [0.5, 0.6) is 0 Å². The van der Waals surface area contributed by atoms with E-state index < -0.39 is 0 Å². The zero-order chi connectivity index (χ0) is 24.6. The lowest BCUT2D eigenvalue weighted by atomic mass is 10.1. The van der Waals surface area contributed by atoms with Gasteiger partial charge in [0.05, 0.1) is 11.3 Å². The highest BCUT2D eigenvalue weighted by Gasteiger charge is 2.12. The quantitative estimate of drug-likeness (QED) is 0.253. The van der Waals surface area contributed by atoms with E-state index in [1.54, 1.807) is 11.8 Å². The van der Waals surface area contributed by atoms with Crippen LogP contribution in [0.1, 0.15) is 50.2 Å². The van der Waals surface area contributed by atoms with Crippen molar-refractivity contribution in [1.29, 1.82) is 5.26 Å². The molecule has 1 aromatic heterocycles. The van der Waals surface area contributed by atoms with Gasteiger partial charge in [-0.15, -0.1) is 11.8 Å². The third-order valence-corrected chi connectivity index (χ3v) is 6.71. The number of aromatic nitrogens is 1. The summed E-state index contributed by atoms with van der Waals surface area (Å²) in [6, 6.07) is 29.6. The molecule has 3 heteroatoms. The summed E-state index contributed by atoms with van der Waals surface area (Å²) in [5.41, 5.74) is 9.44. The summed E-state index contributed by atoms with van der Waals surface area (Å²) in [6.45, 7) is 6.26. The molecule has 0 radical (unpaired) electrons. The third-order valence-electron chi connectivity index (χ3n) is 5.66.